The molecule has 8 aromatic carbocycles. The van der Waals surface area contributed by atoms with E-state index < -0.39 is 40.1 Å². The van der Waals surface area contributed by atoms with Crippen LogP contribution < -0.4 is 43.2 Å². The van der Waals surface area contributed by atoms with Gasteiger partial charge >= 0.3 is 6.15 Å². The number of fused-ring (bicyclic) bond motifs is 8. The molecule has 12 rings (SSSR count). The van der Waals surface area contributed by atoms with Crippen molar-refractivity contribution in [3.05, 3.63) is 230 Å². The Morgan fingerprint density at radius 3 is 1.15 bits per heavy atom. The van der Waals surface area contributed by atoms with E-state index in [0.29, 0.717) is 99.4 Å². The molecule has 0 bridgehead atoms. The topological polar surface area (TPSA) is 269 Å². The number of aryl methyl sites for hydroxylation is 1. The largest absolute Gasteiger partial charge is 0.494 e. The lowest BCUT2D eigenvalue weighted by atomic mass is 9.96. The minimum atomic E-state index is -3.69. The number of methoxy groups -OCH3 is 2. The summed E-state index contributed by atoms with van der Waals surface area (Å²) in [6.45, 7) is 14.2. The third-order valence-corrected chi connectivity index (χ3v) is 27.0. The Kier molecular flexibility index (Phi) is 32.6. The molecule has 0 aromatic heterocycles. The number of nitrogens with zero attached hydrogens (tertiary/aromatic N) is 4. The van der Waals surface area contributed by atoms with E-state index in [1.54, 1.807) is 97.0 Å². The van der Waals surface area contributed by atoms with E-state index in [9.17, 15) is 33.7 Å². The number of sulfonamides is 4. The predicted molar refractivity (Wildman–Crippen MR) is 432 cm³/mol. The number of nitrogens with one attached hydrogen (secondary N) is 4. The Balaban J connectivity index is 0.000000181. The maximum atomic E-state index is 13.3. The van der Waals surface area contributed by atoms with Crippen LogP contribution in [-0.4, -0.2) is 141 Å². The number of hydrogen-bond donors (Lipinski definition) is 4. The monoisotopic (exact) mass is 1610 g/mol. The Hall–Kier alpha value is -7.76. The van der Waals surface area contributed by atoms with Gasteiger partial charge in [-0.05, 0) is 183 Å². The Labute approximate surface area is 655 Å². The third kappa shape index (κ3) is 20.9. The van der Waals surface area contributed by atoms with Crippen LogP contribution in [0, 0.1) is 6.92 Å². The van der Waals surface area contributed by atoms with E-state index >= 15 is 0 Å². The second kappa shape index (κ2) is 41.0. The number of halogens is 2. The normalized spacial score (nSPS) is 17.5. The Morgan fingerprint density at radius 2 is 0.716 bits per heavy atom. The molecule has 4 N–H and O–H groups in total. The van der Waals surface area contributed by atoms with Gasteiger partial charge in [-0.1, -0.05) is 165 Å². The molecule has 4 atom stereocenters. The molecule has 8 aromatic rings. The molecular weight excluding hydrogens is 1510 g/mol. The van der Waals surface area contributed by atoms with Gasteiger partial charge < -0.3 is 40.2 Å². The number of unbranched alkanes of at least 4 members (excludes halogenated alkanes) is 5. The lowest BCUT2D eigenvalue weighted by molar-refractivity contribution is -0.191. The summed E-state index contributed by atoms with van der Waals surface area (Å²) in [6, 6.07) is 50.7. The van der Waals surface area contributed by atoms with E-state index in [2.05, 4.69) is 28.2 Å². The first-order valence-electron chi connectivity index (χ1n) is 36.6. The molecule has 0 fully saturated rings. The van der Waals surface area contributed by atoms with Crippen molar-refractivity contribution in [3.63, 3.8) is 0 Å². The first-order valence-corrected chi connectivity index (χ1v) is 43.1. The molecule has 22 nitrogen and oxygen atoms in total. The van der Waals surface area contributed by atoms with Gasteiger partial charge in [-0.25, -0.2) is 33.7 Å². The van der Waals surface area contributed by atoms with E-state index in [1.807, 2.05) is 136 Å². The quantitative estimate of drug-likeness (QED) is 0.0367. The average Bonchev–Trinajstić information content (AvgIpc) is 1.64. The van der Waals surface area contributed by atoms with Crippen LogP contribution in [0.25, 0.3) is 0 Å². The van der Waals surface area contributed by atoms with E-state index in [4.69, 9.17) is 51.7 Å². The molecule has 0 aliphatic carbocycles. The molecule has 0 saturated carbocycles. The van der Waals surface area contributed by atoms with Crippen LogP contribution in [0.15, 0.2) is 189 Å². The van der Waals surface area contributed by atoms with Crippen molar-refractivity contribution < 1.29 is 62.2 Å². The van der Waals surface area contributed by atoms with Gasteiger partial charge in [-0.15, -0.1) is 0 Å². The predicted octanol–water partition coefficient (Wildman–Crippen LogP) is 14.3. The SMILES string of the molecule is CCCCCCCCNC1c2ccc(Cl)cc2N(C)S(=O)(=O)c2ccccc21.CCOCCCNC1c2ccccc2N(C)S(=O)(=O)c2cc(C)ccc21.CCOc1ccc2c(c1)S(=O)(=O)N(C)c1ccccc1C2NCCCOC.COCCCNC1c2ccc(Cl)cc2N(C)S(=O)(=O)c2ccccc21.O=C=O. The maximum absolute atomic E-state index is 13.3. The van der Waals surface area contributed by atoms with Crippen LogP contribution in [0.3, 0.4) is 0 Å². The van der Waals surface area contributed by atoms with Crippen LogP contribution in [0.1, 0.15) is 153 Å². The van der Waals surface area contributed by atoms with Crippen LogP contribution in [-0.2, 0) is 63.9 Å². The van der Waals surface area contributed by atoms with Gasteiger partial charge in [-0.2, -0.15) is 9.59 Å². The van der Waals surface area contributed by atoms with E-state index in [1.165, 1.54) is 49.3 Å². The van der Waals surface area contributed by atoms with E-state index in [-0.39, 0.29) is 35.2 Å². The molecule has 0 radical (unpaired) electrons. The van der Waals surface area contributed by atoms with Crippen LogP contribution in [0.4, 0.5) is 22.7 Å². The molecule has 4 aliphatic heterocycles. The fourth-order valence-electron chi connectivity index (χ4n) is 13.6. The number of hydrogen-bond acceptors (Lipinski definition) is 18. The summed E-state index contributed by atoms with van der Waals surface area (Å²) in [5.74, 6) is 0.553. The smallest absolute Gasteiger partial charge is 0.373 e. The molecule has 4 aliphatic rings. The number of rotatable bonds is 26. The van der Waals surface area contributed by atoms with Crippen molar-refractivity contribution >= 4 is 92.2 Å². The third-order valence-electron chi connectivity index (χ3n) is 19.2. The lowest BCUT2D eigenvalue weighted by Gasteiger charge is -2.22. The summed E-state index contributed by atoms with van der Waals surface area (Å²) in [5, 5.41) is 15.2. The number of carbonyl (C=O) groups excluding carboxylic acids is 2. The summed E-state index contributed by atoms with van der Waals surface area (Å²) in [7, 11) is -4.85. The molecule has 0 amide bonds. The standard InChI is InChI=1S/C22H29ClN2O2S.C20H26N2O4S.C20H26N2O3S.C18H21ClN2O3S.CO2/c1-3-4-5-6-7-10-15-24-22-18-14-13-17(23)16-20(18)25(2)28(26,27)21-12-9-8-11-19(21)22;1-4-26-15-10-11-17-19(14-15)27(23,24)22(2)18-9-6-5-8-16(18)20(17)21-12-7-13-25-3;1-4-25-13-7-12-21-20-16-8-5-6-9-18(16)22(3)26(23,24)19-14-15(2)10-11-17(19)20;1-21-16-12-13(19)8-9-14(16)18(20-10-5-11-24-2)15-6-3-4-7-17(15)25(21,22)23;2-1-3/h8-9,11-14,16,22,24H,3-7,10,15H2,1-2H3;5-6,8-11,14,20-21H,4,7,12-13H2,1-3H3;5-6,8-11,14,20-21H,4,7,12-13H2,1-3H3;3-4,6-9,12,18,20H,5,10-11H2,1-2H3;. The van der Waals surface area contributed by atoms with Crippen molar-refractivity contribution in [3.8, 4) is 5.75 Å². The van der Waals surface area contributed by atoms with Gasteiger partial charge in [0.25, 0.3) is 40.1 Å². The molecular formula is C81H102Cl2N8O14S4. The summed E-state index contributed by atoms with van der Waals surface area (Å²) in [6.07, 6.45) is 10.1. The van der Waals surface area contributed by atoms with Gasteiger partial charge in [0, 0.05) is 84.9 Å². The van der Waals surface area contributed by atoms with E-state index in [0.717, 1.165) is 88.8 Å². The molecule has 4 unspecified atom stereocenters. The Bertz CT molecular complexity index is 4860. The first-order chi connectivity index (χ1) is 52.3. The summed E-state index contributed by atoms with van der Waals surface area (Å²) in [4.78, 5) is 17.6. The van der Waals surface area contributed by atoms with Crippen molar-refractivity contribution in [2.24, 2.45) is 0 Å². The zero-order chi connectivity index (χ0) is 79.1. The molecule has 588 valence electrons. The number of benzene rings is 8. The molecule has 0 saturated heterocycles. The van der Waals surface area contributed by atoms with Crippen LogP contribution >= 0.6 is 23.2 Å². The number of ether oxygens (including phenoxy) is 4. The van der Waals surface area contributed by atoms with Crippen molar-refractivity contribution in [2.75, 3.05) is 119 Å². The van der Waals surface area contributed by atoms with Crippen molar-refractivity contribution in [2.45, 2.75) is 129 Å². The van der Waals surface area contributed by atoms with Gasteiger partial charge in [0.05, 0.1) is 73.1 Å². The molecule has 0 spiro atoms. The van der Waals surface area contributed by atoms with Crippen LogP contribution in [0.2, 0.25) is 10.0 Å². The minimum Gasteiger partial charge on any atom is -0.494 e. The molecule has 4 heterocycles. The summed E-state index contributed by atoms with van der Waals surface area (Å²) < 4.78 is 132. The zero-order valence-corrected chi connectivity index (χ0v) is 68.4. The second-order valence-corrected chi connectivity index (χ2v) is 34.9. The van der Waals surface area contributed by atoms with Gasteiger partial charge in [0.2, 0.25) is 0 Å². The number of anilines is 4. The first kappa shape index (κ1) is 86.8. The van der Waals surface area contributed by atoms with Crippen LogP contribution in [0.5, 0.6) is 5.75 Å². The van der Waals surface area contributed by atoms with Crippen molar-refractivity contribution in [1.29, 1.82) is 0 Å². The average molecular weight is 1610 g/mol. The minimum absolute atomic E-state index is 0.178. The number of para-hydroxylation sites is 2. The highest BCUT2D eigenvalue weighted by Gasteiger charge is 2.39. The Morgan fingerprint density at radius 1 is 0.376 bits per heavy atom. The maximum Gasteiger partial charge on any atom is 0.373 e. The zero-order valence-electron chi connectivity index (χ0n) is 63.6. The highest BCUT2D eigenvalue weighted by Crippen LogP contribution is 2.46. The second-order valence-electron chi connectivity index (χ2n) is 26.3. The lowest BCUT2D eigenvalue weighted by Crippen LogP contribution is -2.26. The fraction of sp³-hybridized carbons (Fsp3) is 0.395. The highest BCUT2D eigenvalue weighted by molar-refractivity contribution is 7.93. The highest BCUT2D eigenvalue weighted by atomic mass is 35.5. The van der Waals surface area contributed by atoms with Gasteiger partial charge in [-0.3, -0.25) is 17.2 Å². The molecule has 109 heavy (non-hydrogen) atoms. The van der Waals surface area contributed by atoms with Gasteiger partial charge in [0.15, 0.2) is 0 Å². The van der Waals surface area contributed by atoms with Crippen molar-refractivity contribution in [1.82, 2.24) is 21.3 Å². The molecule has 28 heteroatoms. The summed E-state index contributed by atoms with van der Waals surface area (Å²) in [5.41, 5.74) is 10.3. The fourth-order valence-corrected chi connectivity index (χ4v) is 19.9. The van der Waals surface area contributed by atoms with Gasteiger partial charge in [0.1, 0.15) is 5.75 Å². The summed E-state index contributed by atoms with van der Waals surface area (Å²) >= 11 is 12.3.